The Bertz CT molecular complexity index is 626. The summed E-state index contributed by atoms with van der Waals surface area (Å²) in [6.45, 7) is 7.10. The van der Waals surface area contributed by atoms with Gasteiger partial charge in [-0.1, -0.05) is 12.1 Å². The van der Waals surface area contributed by atoms with E-state index in [-0.39, 0.29) is 12.1 Å². The van der Waals surface area contributed by atoms with E-state index in [1.165, 1.54) is 18.4 Å². The molecule has 0 bridgehead atoms. The fraction of sp³-hybridized carbons (Fsp3) is 0.625. The van der Waals surface area contributed by atoms with Gasteiger partial charge in [-0.15, -0.1) is 0 Å². The Balaban J connectivity index is 1.94. The van der Waals surface area contributed by atoms with Crippen LogP contribution in [0.25, 0.3) is 0 Å². The van der Waals surface area contributed by atoms with Gasteiger partial charge in [0.05, 0.1) is 17.6 Å². The molecule has 1 aliphatic heterocycles. The smallest absolute Gasteiger partial charge is 0.242 e. The first-order chi connectivity index (χ1) is 10.6. The molecule has 1 N–H and O–H groups in total. The summed E-state index contributed by atoms with van der Waals surface area (Å²) in [6, 6.07) is 7.05. The molecular formula is C16H26N2O4S. The highest BCUT2D eigenvalue weighted by Gasteiger charge is 2.32. The molecule has 0 radical (unpaired) electrons. The highest BCUT2D eigenvalue weighted by atomic mass is 32.2. The average molecular weight is 342 g/mol. The van der Waals surface area contributed by atoms with E-state index in [2.05, 4.69) is 5.32 Å². The van der Waals surface area contributed by atoms with Gasteiger partial charge in [0.2, 0.25) is 10.0 Å². The third-order valence-electron chi connectivity index (χ3n) is 3.88. The zero-order chi connectivity index (χ0) is 17.3. The fourth-order valence-corrected chi connectivity index (χ4v) is 3.33. The first kappa shape index (κ1) is 18.4. The topological polar surface area (TPSA) is 67.9 Å². The monoisotopic (exact) mass is 342 g/mol. The van der Waals surface area contributed by atoms with Gasteiger partial charge in [0, 0.05) is 26.7 Å². The minimum atomic E-state index is -3.38. The lowest BCUT2D eigenvalue weighted by Gasteiger charge is -2.20. The van der Waals surface area contributed by atoms with Crippen molar-refractivity contribution in [1.82, 2.24) is 9.62 Å². The molecule has 1 aromatic carbocycles. The third-order valence-corrected chi connectivity index (χ3v) is 5.71. The van der Waals surface area contributed by atoms with Crippen molar-refractivity contribution in [3.8, 4) is 0 Å². The van der Waals surface area contributed by atoms with Gasteiger partial charge in [-0.25, -0.2) is 12.7 Å². The van der Waals surface area contributed by atoms with Gasteiger partial charge in [0.1, 0.15) is 0 Å². The number of ether oxygens (including phenoxy) is 2. The van der Waals surface area contributed by atoms with E-state index < -0.39 is 15.8 Å². The summed E-state index contributed by atoms with van der Waals surface area (Å²) in [7, 11) is -0.329. The lowest BCUT2D eigenvalue weighted by atomic mass is 10.1. The van der Waals surface area contributed by atoms with Crippen molar-refractivity contribution in [1.29, 1.82) is 0 Å². The van der Waals surface area contributed by atoms with E-state index in [0.717, 1.165) is 5.56 Å². The highest BCUT2D eigenvalue weighted by Crippen LogP contribution is 2.23. The molecule has 2 rings (SSSR count). The van der Waals surface area contributed by atoms with Crippen LogP contribution in [0.2, 0.25) is 0 Å². The van der Waals surface area contributed by atoms with Gasteiger partial charge in [-0.2, -0.15) is 0 Å². The Morgan fingerprint density at radius 3 is 2.39 bits per heavy atom. The molecule has 0 aliphatic carbocycles. The normalized spacial score (nSPS) is 22.4. The first-order valence-corrected chi connectivity index (χ1v) is 9.13. The van der Waals surface area contributed by atoms with Crippen molar-refractivity contribution in [3.63, 3.8) is 0 Å². The summed E-state index contributed by atoms with van der Waals surface area (Å²) >= 11 is 0. The van der Waals surface area contributed by atoms with E-state index in [1.807, 2.05) is 32.9 Å². The van der Waals surface area contributed by atoms with Crippen LogP contribution in [0, 0.1) is 0 Å². The van der Waals surface area contributed by atoms with Crippen LogP contribution in [0.1, 0.15) is 32.4 Å². The summed E-state index contributed by atoms with van der Waals surface area (Å²) in [4.78, 5) is 0.299. The molecule has 0 amide bonds. The zero-order valence-corrected chi connectivity index (χ0v) is 15.2. The van der Waals surface area contributed by atoms with E-state index in [9.17, 15) is 8.42 Å². The molecule has 2 atom stereocenters. The standard InChI is InChI=1S/C16H26N2O4S/c1-12(17-10-14-11-21-16(2,3)22-14)13-6-8-15(9-7-13)23(19,20)18(4)5/h6-9,12,14,17H,10-11H2,1-5H3/t12-,14-/m1/s1. The van der Waals surface area contributed by atoms with Crippen LogP contribution in [0.5, 0.6) is 0 Å². The highest BCUT2D eigenvalue weighted by molar-refractivity contribution is 7.89. The predicted octanol–water partition coefficient (Wildman–Crippen LogP) is 1.74. The summed E-state index contributed by atoms with van der Waals surface area (Å²) in [6.07, 6.45) is 0.0286. The van der Waals surface area contributed by atoms with E-state index in [4.69, 9.17) is 9.47 Å². The van der Waals surface area contributed by atoms with Crippen LogP contribution in [-0.2, 0) is 19.5 Å². The molecule has 130 valence electrons. The maximum atomic E-state index is 12.1. The van der Waals surface area contributed by atoms with Gasteiger partial charge in [-0.05, 0) is 38.5 Å². The Morgan fingerprint density at radius 1 is 1.30 bits per heavy atom. The molecule has 0 aromatic heterocycles. The Kier molecular flexibility index (Phi) is 5.48. The molecule has 0 spiro atoms. The van der Waals surface area contributed by atoms with Crippen molar-refractivity contribution >= 4 is 10.0 Å². The molecule has 7 heteroatoms. The maximum Gasteiger partial charge on any atom is 0.242 e. The summed E-state index contributed by atoms with van der Waals surface area (Å²) < 4.78 is 36.6. The second kappa shape index (κ2) is 6.86. The number of rotatable bonds is 6. The zero-order valence-electron chi connectivity index (χ0n) is 14.4. The molecular weight excluding hydrogens is 316 g/mol. The molecule has 1 saturated heterocycles. The maximum absolute atomic E-state index is 12.1. The van der Waals surface area contributed by atoms with E-state index in [1.54, 1.807) is 12.1 Å². The summed E-state index contributed by atoms with van der Waals surface area (Å²) in [5.74, 6) is -0.516. The van der Waals surface area contributed by atoms with Crippen molar-refractivity contribution in [2.45, 2.75) is 43.6 Å². The Hall–Kier alpha value is -0.990. The van der Waals surface area contributed by atoms with E-state index >= 15 is 0 Å². The molecule has 0 unspecified atom stereocenters. The molecule has 1 fully saturated rings. The minimum Gasteiger partial charge on any atom is -0.348 e. The van der Waals surface area contributed by atoms with Gasteiger partial charge in [0.25, 0.3) is 0 Å². The number of sulfonamides is 1. The van der Waals surface area contributed by atoms with Crippen molar-refractivity contribution in [2.24, 2.45) is 0 Å². The van der Waals surface area contributed by atoms with Crippen molar-refractivity contribution < 1.29 is 17.9 Å². The van der Waals surface area contributed by atoms with Crippen LogP contribution >= 0.6 is 0 Å². The lowest BCUT2D eigenvalue weighted by molar-refractivity contribution is -0.137. The van der Waals surface area contributed by atoms with Crippen LogP contribution in [0.15, 0.2) is 29.2 Å². The predicted molar refractivity (Wildman–Crippen MR) is 88.6 cm³/mol. The number of benzene rings is 1. The van der Waals surface area contributed by atoms with Crippen LogP contribution in [-0.4, -0.2) is 51.9 Å². The molecule has 1 heterocycles. The minimum absolute atomic E-state index is 0.0286. The quantitative estimate of drug-likeness (QED) is 0.853. The van der Waals surface area contributed by atoms with Crippen LogP contribution in [0.3, 0.4) is 0 Å². The van der Waals surface area contributed by atoms with Crippen molar-refractivity contribution in [2.75, 3.05) is 27.2 Å². The summed E-state index contributed by atoms with van der Waals surface area (Å²) in [5, 5.41) is 3.39. The second-order valence-electron chi connectivity index (χ2n) is 6.44. The molecule has 23 heavy (non-hydrogen) atoms. The SMILES string of the molecule is C[C@@H](NC[C@@H]1COC(C)(C)O1)c1ccc(S(=O)(=O)N(C)C)cc1. The molecule has 6 nitrogen and oxygen atoms in total. The largest absolute Gasteiger partial charge is 0.348 e. The van der Waals surface area contributed by atoms with Gasteiger partial charge in [0.15, 0.2) is 5.79 Å². The van der Waals surface area contributed by atoms with Gasteiger partial charge >= 0.3 is 0 Å². The van der Waals surface area contributed by atoms with Crippen molar-refractivity contribution in [3.05, 3.63) is 29.8 Å². The Morgan fingerprint density at radius 2 is 1.91 bits per heavy atom. The Labute approximate surface area is 138 Å². The van der Waals surface area contributed by atoms with Gasteiger partial charge < -0.3 is 14.8 Å². The molecule has 1 aliphatic rings. The first-order valence-electron chi connectivity index (χ1n) is 7.69. The van der Waals surface area contributed by atoms with Gasteiger partial charge in [-0.3, -0.25) is 0 Å². The average Bonchev–Trinajstić information content (AvgIpc) is 2.84. The number of hydrogen-bond donors (Lipinski definition) is 1. The lowest BCUT2D eigenvalue weighted by Crippen LogP contribution is -2.32. The van der Waals surface area contributed by atoms with Crippen LogP contribution < -0.4 is 5.32 Å². The second-order valence-corrected chi connectivity index (χ2v) is 8.59. The number of nitrogens with one attached hydrogen (secondary N) is 1. The van der Waals surface area contributed by atoms with E-state index in [0.29, 0.717) is 18.0 Å². The van der Waals surface area contributed by atoms with Crippen LogP contribution in [0.4, 0.5) is 0 Å². The third kappa shape index (κ3) is 4.51. The molecule has 1 aromatic rings. The fourth-order valence-electron chi connectivity index (χ4n) is 2.43. The number of hydrogen-bond acceptors (Lipinski definition) is 5. The summed E-state index contributed by atoms with van der Waals surface area (Å²) in [5.41, 5.74) is 1.03. The number of nitrogens with zero attached hydrogens (tertiary/aromatic N) is 1. The molecule has 0 saturated carbocycles.